The molecule has 2 saturated heterocycles. The molecule has 11 nitrogen and oxygen atoms in total. The Kier molecular flexibility index (Phi) is 5.57. The molecule has 0 bridgehead atoms. The largest absolute Gasteiger partial charge is 0.445 e. The average molecular weight is 432 g/mol. The first-order chi connectivity index (χ1) is 14.5. The van der Waals surface area contributed by atoms with Crippen molar-refractivity contribution >= 4 is 30.3 Å². The molecule has 2 aromatic rings. The van der Waals surface area contributed by atoms with Crippen LogP contribution in [-0.4, -0.2) is 72.4 Å². The third-order valence-electron chi connectivity index (χ3n) is 5.34. The number of likely N-dealkylation sites (tertiary alicyclic amines) is 2. The Labute approximate surface area is 177 Å². The van der Waals surface area contributed by atoms with Crippen LogP contribution in [0.2, 0.25) is 0 Å². The van der Waals surface area contributed by atoms with E-state index in [4.69, 9.17) is 4.74 Å². The van der Waals surface area contributed by atoms with Crippen molar-refractivity contribution in [1.82, 2.24) is 24.6 Å². The molecule has 1 unspecified atom stereocenters. The van der Waals surface area contributed by atoms with Crippen LogP contribution in [0.25, 0.3) is 0 Å². The van der Waals surface area contributed by atoms with Crippen LogP contribution in [0.3, 0.4) is 0 Å². The molecule has 1 aromatic heterocycles. The average Bonchev–Trinajstić information content (AvgIpc) is 3.32. The molecule has 30 heavy (non-hydrogen) atoms. The van der Waals surface area contributed by atoms with Gasteiger partial charge in [-0.3, -0.25) is 19.8 Å². The number of carbonyl (C=O) groups excluding carboxylic acids is 2. The molecule has 1 aromatic carbocycles. The summed E-state index contributed by atoms with van der Waals surface area (Å²) in [7, 11) is 0. The third-order valence-corrected chi connectivity index (χ3v) is 5.81. The first-order valence-electron chi connectivity index (χ1n) is 9.43. The number of non-ortho nitro benzene ring substituents is 1. The first kappa shape index (κ1) is 20.1. The van der Waals surface area contributed by atoms with Gasteiger partial charge in [0.05, 0.1) is 11.0 Å². The molecule has 12 heteroatoms. The number of hydrogen-bond donors (Lipinski definition) is 1. The standard InChI is InChI=1S/C18H20N6O5S/c25-17(21-6-1-7-21)16-15(23-11-19-10-20-23)14(30)8-22(16)18(26)29-9-12-2-4-13(5-3-12)24(27)28/h2-5,10-11,14-16,30H,1,6-9H2/t14-,15?,16-/m0/s1. The number of carbonyl (C=O) groups is 2. The van der Waals surface area contributed by atoms with E-state index in [1.54, 1.807) is 9.58 Å². The number of hydrogen-bond acceptors (Lipinski definition) is 8. The molecule has 158 valence electrons. The summed E-state index contributed by atoms with van der Waals surface area (Å²) in [6.45, 7) is 1.46. The van der Waals surface area contributed by atoms with Gasteiger partial charge in [-0.2, -0.15) is 17.7 Å². The predicted octanol–water partition coefficient (Wildman–Crippen LogP) is 1.28. The van der Waals surface area contributed by atoms with E-state index in [1.807, 2.05) is 0 Å². The number of nitro benzene ring substituents is 1. The zero-order valence-corrected chi connectivity index (χ0v) is 16.8. The molecule has 4 rings (SSSR count). The lowest BCUT2D eigenvalue weighted by Crippen LogP contribution is -2.54. The number of aromatic nitrogens is 3. The van der Waals surface area contributed by atoms with Crippen LogP contribution < -0.4 is 0 Å². The van der Waals surface area contributed by atoms with Crippen LogP contribution in [0.15, 0.2) is 36.9 Å². The van der Waals surface area contributed by atoms with Gasteiger partial charge < -0.3 is 9.64 Å². The summed E-state index contributed by atoms with van der Waals surface area (Å²) >= 11 is 4.59. The van der Waals surface area contributed by atoms with Crippen molar-refractivity contribution in [3.8, 4) is 0 Å². The van der Waals surface area contributed by atoms with Crippen LogP contribution in [0, 0.1) is 10.1 Å². The summed E-state index contributed by atoms with van der Waals surface area (Å²) in [5.41, 5.74) is 0.562. The van der Waals surface area contributed by atoms with E-state index in [0.717, 1.165) is 6.42 Å². The second kappa shape index (κ2) is 8.30. The Hall–Kier alpha value is -3.15. The van der Waals surface area contributed by atoms with Crippen molar-refractivity contribution in [3.05, 3.63) is 52.6 Å². The highest BCUT2D eigenvalue weighted by Gasteiger charge is 2.50. The van der Waals surface area contributed by atoms with Crippen LogP contribution in [0.1, 0.15) is 18.0 Å². The zero-order valence-electron chi connectivity index (χ0n) is 15.9. The molecule has 0 spiro atoms. The van der Waals surface area contributed by atoms with Gasteiger partial charge in [-0.15, -0.1) is 0 Å². The normalized spacial score (nSPS) is 23.2. The van der Waals surface area contributed by atoms with Gasteiger partial charge in [-0.1, -0.05) is 0 Å². The molecule has 0 N–H and O–H groups in total. The van der Waals surface area contributed by atoms with E-state index >= 15 is 0 Å². The third kappa shape index (κ3) is 3.82. The van der Waals surface area contributed by atoms with Gasteiger partial charge in [0, 0.05) is 37.0 Å². The summed E-state index contributed by atoms with van der Waals surface area (Å²) in [4.78, 5) is 43.2. The summed E-state index contributed by atoms with van der Waals surface area (Å²) in [6.07, 6.45) is 3.17. The van der Waals surface area contributed by atoms with E-state index in [9.17, 15) is 19.7 Å². The molecule has 2 amide bonds. The number of benzene rings is 1. The van der Waals surface area contributed by atoms with Gasteiger partial charge in [0.2, 0.25) is 5.91 Å². The Morgan fingerprint density at radius 2 is 2.00 bits per heavy atom. The lowest BCUT2D eigenvalue weighted by Gasteiger charge is -2.37. The molecule has 0 saturated carbocycles. The fourth-order valence-electron chi connectivity index (χ4n) is 3.64. The second-order valence-corrected chi connectivity index (χ2v) is 7.85. The van der Waals surface area contributed by atoms with E-state index in [1.165, 1.54) is 41.8 Å². The van der Waals surface area contributed by atoms with Crippen molar-refractivity contribution in [2.75, 3.05) is 19.6 Å². The minimum absolute atomic E-state index is 0.0431. The molecule has 3 heterocycles. The maximum atomic E-state index is 13.1. The minimum atomic E-state index is -0.793. The molecule has 0 radical (unpaired) electrons. The maximum absolute atomic E-state index is 13.1. The molecule has 0 aliphatic carbocycles. The summed E-state index contributed by atoms with van der Waals surface area (Å²) in [5.74, 6) is -0.161. The van der Waals surface area contributed by atoms with Gasteiger partial charge >= 0.3 is 6.09 Å². The number of nitro groups is 1. The summed E-state index contributed by atoms with van der Waals surface area (Å²) < 4.78 is 6.96. The van der Waals surface area contributed by atoms with Gasteiger partial charge in [-0.05, 0) is 24.1 Å². The van der Waals surface area contributed by atoms with Gasteiger partial charge in [-0.25, -0.2) is 14.5 Å². The number of rotatable bonds is 5. The first-order valence-corrected chi connectivity index (χ1v) is 9.95. The van der Waals surface area contributed by atoms with E-state index < -0.39 is 23.1 Å². The van der Waals surface area contributed by atoms with Crippen molar-refractivity contribution in [2.45, 2.75) is 30.4 Å². The lowest BCUT2D eigenvalue weighted by atomic mass is 10.1. The predicted molar refractivity (Wildman–Crippen MR) is 107 cm³/mol. The minimum Gasteiger partial charge on any atom is -0.445 e. The highest BCUT2D eigenvalue weighted by atomic mass is 32.1. The maximum Gasteiger partial charge on any atom is 0.410 e. The smallest absolute Gasteiger partial charge is 0.410 e. The zero-order chi connectivity index (χ0) is 21.3. The molecule has 2 aliphatic rings. The van der Waals surface area contributed by atoms with Crippen LogP contribution >= 0.6 is 12.6 Å². The highest BCUT2D eigenvalue weighted by Crippen LogP contribution is 2.34. The summed E-state index contributed by atoms with van der Waals surface area (Å²) in [6, 6.07) is 4.49. The van der Waals surface area contributed by atoms with Crippen molar-refractivity contribution in [2.24, 2.45) is 0 Å². The SMILES string of the molecule is O=C([C@@H]1C(n2cncn2)[C@@H](S)CN1C(=O)OCc1ccc([N+](=O)[O-])cc1)N1CCC1. The fraction of sp³-hybridized carbons (Fsp3) is 0.444. The van der Waals surface area contributed by atoms with Crippen LogP contribution in [-0.2, 0) is 16.1 Å². The molecule has 2 aliphatic heterocycles. The van der Waals surface area contributed by atoms with Gasteiger partial charge in [0.25, 0.3) is 5.69 Å². The lowest BCUT2D eigenvalue weighted by molar-refractivity contribution is -0.384. The Balaban J connectivity index is 1.49. The summed E-state index contributed by atoms with van der Waals surface area (Å²) in [5, 5.41) is 14.6. The molecular formula is C18H20N6O5S. The highest BCUT2D eigenvalue weighted by molar-refractivity contribution is 7.81. The van der Waals surface area contributed by atoms with Crippen LogP contribution in [0.4, 0.5) is 10.5 Å². The van der Waals surface area contributed by atoms with Crippen molar-refractivity contribution < 1.29 is 19.2 Å². The fourth-order valence-corrected chi connectivity index (χ4v) is 4.12. The molecule has 3 atom stereocenters. The van der Waals surface area contributed by atoms with E-state index in [2.05, 4.69) is 22.7 Å². The Morgan fingerprint density at radius 3 is 2.57 bits per heavy atom. The van der Waals surface area contributed by atoms with E-state index in [0.29, 0.717) is 18.7 Å². The number of amides is 2. The number of nitrogens with zero attached hydrogens (tertiary/aromatic N) is 6. The number of thiol groups is 1. The van der Waals surface area contributed by atoms with Crippen molar-refractivity contribution in [3.63, 3.8) is 0 Å². The van der Waals surface area contributed by atoms with Crippen LogP contribution in [0.5, 0.6) is 0 Å². The second-order valence-electron chi connectivity index (χ2n) is 7.19. The number of ether oxygens (including phenoxy) is 1. The Morgan fingerprint density at radius 1 is 1.27 bits per heavy atom. The topological polar surface area (TPSA) is 124 Å². The van der Waals surface area contributed by atoms with Crippen molar-refractivity contribution in [1.29, 1.82) is 0 Å². The Bertz CT molecular complexity index is 933. The molecule has 2 fully saturated rings. The quantitative estimate of drug-likeness (QED) is 0.429. The van der Waals surface area contributed by atoms with Gasteiger partial charge in [0.15, 0.2) is 0 Å². The van der Waals surface area contributed by atoms with Gasteiger partial charge in [0.1, 0.15) is 25.3 Å². The monoisotopic (exact) mass is 432 g/mol. The molecular weight excluding hydrogens is 412 g/mol. The van der Waals surface area contributed by atoms with E-state index in [-0.39, 0.29) is 30.0 Å².